The smallest absolute Gasteiger partial charge is 0.251 e. The second-order valence-corrected chi connectivity index (χ2v) is 5.46. The Bertz CT molecular complexity index is 626. The number of halogens is 2. The van der Waals surface area contributed by atoms with Crippen LogP contribution in [0.25, 0.3) is 0 Å². The highest BCUT2D eigenvalue weighted by Crippen LogP contribution is 2.15. The van der Waals surface area contributed by atoms with Gasteiger partial charge in [0.05, 0.1) is 6.61 Å². The van der Waals surface area contributed by atoms with Gasteiger partial charge in [-0.1, -0.05) is 40.2 Å². The van der Waals surface area contributed by atoms with Crippen LogP contribution in [-0.4, -0.2) is 13.0 Å². The first-order valence-electron chi connectivity index (χ1n) is 6.40. The molecule has 21 heavy (non-hydrogen) atoms. The van der Waals surface area contributed by atoms with Crippen LogP contribution in [-0.2, 0) is 17.9 Å². The second-order valence-electron chi connectivity index (χ2n) is 4.54. The Morgan fingerprint density at radius 2 is 1.95 bits per heavy atom. The third-order valence-electron chi connectivity index (χ3n) is 2.98. The third kappa shape index (κ3) is 4.37. The number of hydrogen-bond acceptors (Lipinski definition) is 2. The summed E-state index contributed by atoms with van der Waals surface area (Å²) in [6.07, 6.45) is 0. The number of carbonyl (C=O) groups is 1. The Morgan fingerprint density at radius 3 is 2.62 bits per heavy atom. The van der Waals surface area contributed by atoms with E-state index in [1.165, 1.54) is 12.1 Å². The number of benzene rings is 2. The Labute approximate surface area is 131 Å². The van der Waals surface area contributed by atoms with Crippen LogP contribution in [0.15, 0.2) is 46.9 Å². The van der Waals surface area contributed by atoms with Crippen molar-refractivity contribution in [2.24, 2.45) is 0 Å². The molecule has 0 heterocycles. The molecule has 0 saturated carbocycles. The van der Waals surface area contributed by atoms with Crippen LogP contribution in [0.3, 0.4) is 0 Å². The van der Waals surface area contributed by atoms with Crippen molar-refractivity contribution >= 4 is 21.8 Å². The van der Waals surface area contributed by atoms with Crippen LogP contribution < -0.4 is 5.32 Å². The van der Waals surface area contributed by atoms with Gasteiger partial charge in [0.2, 0.25) is 0 Å². The first-order chi connectivity index (χ1) is 10.1. The van der Waals surface area contributed by atoms with Crippen LogP contribution in [0.5, 0.6) is 0 Å². The molecule has 1 N–H and O–H groups in total. The number of hydrogen-bond donors (Lipinski definition) is 1. The summed E-state index contributed by atoms with van der Waals surface area (Å²) in [5.74, 6) is -0.767. The van der Waals surface area contributed by atoms with E-state index in [4.69, 9.17) is 4.74 Å². The molecule has 0 fully saturated rings. The molecule has 0 aliphatic carbocycles. The van der Waals surface area contributed by atoms with Crippen LogP contribution in [0.1, 0.15) is 21.5 Å². The SMILES string of the molecule is COCc1ccccc1CNC(=O)c1cc(F)cc(Br)c1. The first kappa shape index (κ1) is 15.7. The monoisotopic (exact) mass is 351 g/mol. The molecule has 1 amide bonds. The average molecular weight is 352 g/mol. The van der Waals surface area contributed by atoms with Gasteiger partial charge >= 0.3 is 0 Å². The van der Waals surface area contributed by atoms with Crippen molar-refractivity contribution < 1.29 is 13.9 Å². The molecular weight excluding hydrogens is 337 g/mol. The lowest BCUT2D eigenvalue weighted by molar-refractivity contribution is 0.0950. The van der Waals surface area contributed by atoms with Gasteiger partial charge in [0.15, 0.2) is 0 Å². The fourth-order valence-electron chi connectivity index (χ4n) is 1.99. The zero-order chi connectivity index (χ0) is 15.2. The van der Waals surface area contributed by atoms with Crippen LogP contribution in [0.4, 0.5) is 4.39 Å². The molecule has 2 aromatic rings. The summed E-state index contributed by atoms with van der Waals surface area (Å²) in [7, 11) is 1.62. The summed E-state index contributed by atoms with van der Waals surface area (Å²) < 4.78 is 18.9. The minimum Gasteiger partial charge on any atom is -0.380 e. The van der Waals surface area contributed by atoms with E-state index in [1.807, 2.05) is 24.3 Å². The second kappa shape index (κ2) is 7.33. The molecule has 2 rings (SSSR count). The predicted molar refractivity (Wildman–Crippen MR) is 82.4 cm³/mol. The molecule has 3 nitrogen and oxygen atoms in total. The van der Waals surface area contributed by atoms with Gasteiger partial charge in [-0.05, 0) is 29.3 Å². The van der Waals surface area contributed by atoms with Crippen LogP contribution >= 0.6 is 15.9 Å². The van der Waals surface area contributed by atoms with Gasteiger partial charge in [-0.2, -0.15) is 0 Å². The van der Waals surface area contributed by atoms with Crippen molar-refractivity contribution in [2.75, 3.05) is 7.11 Å². The summed E-state index contributed by atoms with van der Waals surface area (Å²) in [5, 5.41) is 2.79. The van der Waals surface area contributed by atoms with E-state index in [1.54, 1.807) is 13.2 Å². The molecular formula is C16H15BrFNO2. The van der Waals surface area contributed by atoms with Crippen molar-refractivity contribution in [3.05, 3.63) is 69.4 Å². The molecule has 0 atom stereocenters. The van der Waals surface area contributed by atoms with E-state index < -0.39 is 5.82 Å². The minimum atomic E-state index is -0.450. The van der Waals surface area contributed by atoms with Gasteiger partial charge < -0.3 is 10.1 Å². The lowest BCUT2D eigenvalue weighted by Crippen LogP contribution is -2.23. The number of carbonyl (C=O) groups excluding carboxylic acids is 1. The lowest BCUT2D eigenvalue weighted by Gasteiger charge is -2.10. The summed E-state index contributed by atoms with van der Waals surface area (Å²) in [4.78, 5) is 12.1. The first-order valence-corrected chi connectivity index (χ1v) is 7.19. The summed E-state index contributed by atoms with van der Waals surface area (Å²) in [6.45, 7) is 0.851. The topological polar surface area (TPSA) is 38.3 Å². The highest BCUT2D eigenvalue weighted by atomic mass is 79.9. The Hall–Kier alpha value is -1.72. The zero-order valence-electron chi connectivity index (χ0n) is 11.5. The molecule has 0 aliphatic heterocycles. The molecule has 0 unspecified atom stereocenters. The molecule has 0 bridgehead atoms. The zero-order valence-corrected chi connectivity index (χ0v) is 13.1. The maximum atomic E-state index is 13.3. The van der Waals surface area contributed by atoms with Crippen molar-refractivity contribution in [1.29, 1.82) is 0 Å². The van der Waals surface area contributed by atoms with E-state index in [-0.39, 0.29) is 11.5 Å². The van der Waals surface area contributed by atoms with E-state index >= 15 is 0 Å². The fraction of sp³-hybridized carbons (Fsp3) is 0.188. The molecule has 0 aromatic heterocycles. The summed E-state index contributed by atoms with van der Waals surface area (Å²) in [6, 6.07) is 11.8. The molecule has 0 spiro atoms. The molecule has 0 aliphatic rings. The van der Waals surface area contributed by atoms with Crippen LogP contribution in [0.2, 0.25) is 0 Å². The van der Waals surface area contributed by atoms with E-state index in [0.29, 0.717) is 17.6 Å². The standard InChI is InChI=1S/C16H15BrFNO2/c1-21-10-12-5-3-2-4-11(12)9-19-16(20)13-6-14(17)8-15(18)7-13/h2-8H,9-10H2,1H3,(H,19,20). The Balaban J connectivity index is 2.07. The summed E-state index contributed by atoms with van der Waals surface area (Å²) in [5.41, 5.74) is 2.27. The minimum absolute atomic E-state index is 0.283. The van der Waals surface area contributed by atoms with E-state index in [2.05, 4.69) is 21.2 Å². The number of amides is 1. The van der Waals surface area contributed by atoms with E-state index in [0.717, 1.165) is 11.1 Å². The maximum Gasteiger partial charge on any atom is 0.251 e. The van der Waals surface area contributed by atoms with Gasteiger partial charge in [0.1, 0.15) is 5.82 Å². The Morgan fingerprint density at radius 1 is 1.24 bits per heavy atom. The number of ether oxygens (including phenoxy) is 1. The van der Waals surface area contributed by atoms with Gasteiger partial charge in [-0.3, -0.25) is 4.79 Å². The van der Waals surface area contributed by atoms with Crippen molar-refractivity contribution in [1.82, 2.24) is 5.32 Å². The molecule has 0 saturated heterocycles. The average Bonchev–Trinajstić information content (AvgIpc) is 2.45. The number of rotatable bonds is 5. The lowest BCUT2D eigenvalue weighted by atomic mass is 10.1. The normalized spacial score (nSPS) is 10.4. The Kier molecular flexibility index (Phi) is 5.47. The molecule has 110 valence electrons. The van der Waals surface area contributed by atoms with Crippen molar-refractivity contribution in [3.63, 3.8) is 0 Å². The van der Waals surface area contributed by atoms with Gasteiger partial charge in [0.25, 0.3) is 5.91 Å². The number of methoxy groups -OCH3 is 1. The van der Waals surface area contributed by atoms with Crippen molar-refractivity contribution in [2.45, 2.75) is 13.2 Å². The predicted octanol–water partition coefficient (Wildman–Crippen LogP) is 3.66. The molecule has 5 heteroatoms. The summed E-state index contributed by atoms with van der Waals surface area (Å²) >= 11 is 3.17. The van der Waals surface area contributed by atoms with Crippen LogP contribution in [0, 0.1) is 5.82 Å². The van der Waals surface area contributed by atoms with E-state index in [9.17, 15) is 9.18 Å². The largest absolute Gasteiger partial charge is 0.380 e. The highest BCUT2D eigenvalue weighted by Gasteiger charge is 2.09. The van der Waals surface area contributed by atoms with Gasteiger partial charge in [-0.25, -0.2) is 4.39 Å². The van der Waals surface area contributed by atoms with Gasteiger partial charge in [-0.15, -0.1) is 0 Å². The molecule has 2 aromatic carbocycles. The fourth-order valence-corrected chi connectivity index (χ4v) is 2.45. The number of nitrogens with one attached hydrogen (secondary N) is 1. The maximum absolute atomic E-state index is 13.3. The highest BCUT2D eigenvalue weighted by molar-refractivity contribution is 9.10. The van der Waals surface area contributed by atoms with Crippen molar-refractivity contribution in [3.8, 4) is 0 Å². The molecule has 0 radical (unpaired) electrons. The quantitative estimate of drug-likeness (QED) is 0.892. The third-order valence-corrected chi connectivity index (χ3v) is 3.44. The van der Waals surface area contributed by atoms with Gasteiger partial charge in [0, 0.05) is 23.7 Å².